The third-order valence-corrected chi connectivity index (χ3v) is 20.4. The van der Waals surface area contributed by atoms with Gasteiger partial charge in [0.25, 0.3) is 0 Å². The first-order chi connectivity index (χ1) is 54.4. The largest absolute Gasteiger partial charge is 0.449 e. The van der Waals surface area contributed by atoms with Crippen LogP contribution >= 0.6 is 11.8 Å². The maximum absolute atomic E-state index is 11.6. The van der Waals surface area contributed by atoms with Crippen LogP contribution < -0.4 is 5.32 Å². The van der Waals surface area contributed by atoms with E-state index in [0.29, 0.717) is 25.0 Å². The molecule has 2 saturated heterocycles. The fraction of sp³-hybridized carbons (Fsp3) is 0.894. The highest BCUT2D eigenvalue weighted by Crippen LogP contribution is 2.21. The van der Waals surface area contributed by atoms with Crippen molar-refractivity contribution in [2.45, 2.75) is 429 Å². The van der Waals surface area contributed by atoms with E-state index in [0.717, 1.165) is 159 Å². The van der Waals surface area contributed by atoms with Gasteiger partial charge in [-0.05, 0) is 225 Å². The number of aryl methyl sites for hydroxylation is 7. The minimum atomic E-state index is -0.463. The van der Waals surface area contributed by atoms with E-state index < -0.39 is 5.60 Å². The van der Waals surface area contributed by atoms with Gasteiger partial charge in [-0.25, -0.2) is 14.2 Å². The van der Waals surface area contributed by atoms with Gasteiger partial charge in [-0.1, -0.05) is 285 Å². The monoisotopic (exact) mass is 1650 g/mol. The van der Waals surface area contributed by atoms with Gasteiger partial charge in [-0.3, -0.25) is 4.79 Å². The first-order valence-electron chi connectivity index (χ1n) is 46.5. The van der Waals surface area contributed by atoms with Gasteiger partial charge >= 0.3 is 6.09 Å². The molecule has 0 aromatic carbocycles. The number of hydrogen-bond acceptors (Lipinski definition) is 16. The number of allylic oxidation sites excluding steroid dienone is 2. The number of tetrazole rings is 2. The summed E-state index contributed by atoms with van der Waals surface area (Å²) < 4.78 is 10.9. The number of carbonyl (C=O) groups is 2. The van der Waals surface area contributed by atoms with Crippen LogP contribution in [-0.4, -0.2) is 154 Å². The molecule has 2 N–H and O–H groups in total. The lowest BCUT2D eigenvalue weighted by molar-refractivity contribution is -0.121. The lowest BCUT2D eigenvalue weighted by Crippen LogP contribution is -2.36. The predicted molar refractivity (Wildman–Crippen MR) is 497 cm³/mol. The number of aliphatic hydroxyl groups is 1. The van der Waals surface area contributed by atoms with Crippen molar-refractivity contribution in [3.63, 3.8) is 0 Å². The molecule has 1 saturated carbocycles. The van der Waals surface area contributed by atoms with Crippen molar-refractivity contribution >= 4 is 23.8 Å². The van der Waals surface area contributed by atoms with E-state index in [4.69, 9.17) is 4.74 Å². The highest BCUT2D eigenvalue weighted by molar-refractivity contribution is 7.99. The summed E-state index contributed by atoms with van der Waals surface area (Å²) in [5.41, 5.74) is 0.694. The molecule has 7 rings (SSSR count). The van der Waals surface area contributed by atoms with E-state index in [1.165, 1.54) is 185 Å². The third-order valence-electron chi connectivity index (χ3n) is 19.3. The summed E-state index contributed by atoms with van der Waals surface area (Å²) in [6, 6.07) is 0.523. The van der Waals surface area contributed by atoms with Crippen molar-refractivity contribution in [1.82, 2.24) is 85.3 Å². The number of nitrogens with zero attached hydrogens (tertiary/aromatic N) is 16. The summed E-state index contributed by atoms with van der Waals surface area (Å²) in [7, 11) is 5.67. The van der Waals surface area contributed by atoms with Crippen LogP contribution in [0.2, 0.25) is 0 Å². The molecule has 682 valence electrons. The van der Waals surface area contributed by atoms with Gasteiger partial charge in [0.15, 0.2) is 5.82 Å². The summed E-state index contributed by atoms with van der Waals surface area (Å²) in [4.78, 5) is 28.7. The Kier molecular flexibility index (Phi) is 78.5. The Bertz CT molecular complexity index is 2710. The van der Waals surface area contributed by atoms with Crippen molar-refractivity contribution in [2.75, 3.05) is 45.1 Å². The molecule has 4 aromatic rings. The Morgan fingerprint density at radius 2 is 1.05 bits per heavy atom. The number of piperidine rings is 2. The number of aromatic nitrogens is 14. The maximum atomic E-state index is 11.6. The molecule has 3 fully saturated rings. The van der Waals surface area contributed by atoms with Crippen molar-refractivity contribution in [2.24, 2.45) is 80.3 Å². The summed E-state index contributed by atoms with van der Waals surface area (Å²) in [5.74, 6) is 11.2. The average Bonchev–Trinajstić information content (AvgIpc) is 1.36. The molecule has 0 radical (unpaired) electrons. The third kappa shape index (κ3) is 84.2. The second-order valence-electron chi connectivity index (χ2n) is 37.3. The van der Waals surface area contributed by atoms with Gasteiger partial charge in [0.1, 0.15) is 12.2 Å². The Labute approximate surface area is 720 Å². The van der Waals surface area contributed by atoms with Gasteiger partial charge in [0.2, 0.25) is 11.1 Å². The van der Waals surface area contributed by atoms with Crippen LogP contribution in [0.4, 0.5) is 4.79 Å². The van der Waals surface area contributed by atoms with Crippen LogP contribution in [0.5, 0.6) is 0 Å². The van der Waals surface area contributed by atoms with Crippen LogP contribution in [-0.2, 0) is 50.1 Å². The molecule has 21 nitrogen and oxygen atoms in total. The zero-order valence-electron chi connectivity index (χ0n) is 80.3. The molecule has 0 unspecified atom stereocenters. The van der Waals surface area contributed by atoms with E-state index in [-0.39, 0.29) is 19.4 Å². The number of rotatable bonds is 42. The molecule has 116 heavy (non-hydrogen) atoms. The fourth-order valence-electron chi connectivity index (χ4n) is 12.0. The smallest absolute Gasteiger partial charge is 0.409 e. The van der Waals surface area contributed by atoms with E-state index in [1.807, 2.05) is 62.1 Å². The summed E-state index contributed by atoms with van der Waals surface area (Å²) >= 11 is 1.73. The van der Waals surface area contributed by atoms with Crippen molar-refractivity contribution in [3.05, 3.63) is 42.0 Å². The minimum Gasteiger partial charge on any atom is -0.449 e. The minimum absolute atomic E-state index is 0. The van der Waals surface area contributed by atoms with Crippen molar-refractivity contribution < 1.29 is 19.4 Å². The number of ether oxygens (including phenoxy) is 1. The topological polar surface area (TPSA) is 231 Å². The molecule has 4 aromatic heterocycles. The molecule has 2 aliphatic heterocycles. The second-order valence-corrected chi connectivity index (χ2v) is 38.4. The number of unbranched alkanes of at least 4 members (excludes halogenated alkanes) is 6. The van der Waals surface area contributed by atoms with Crippen molar-refractivity contribution in [1.29, 1.82) is 0 Å². The summed E-state index contributed by atoms with van der Waals surface area (Å²) in [6.07, 6.45) is 50.5. The van der Waals surface area contributed by atoms with Crippen LogP contribution in [0.15, 0.2) is 29.8 Å². The predicted octanol–water partition coefficient (Wildman–Crippen LogP) is 24.6. The van der Waals surface area contributed by atoms with Gasteiger partial charge in [-0.15, -0.1) is 30.6 Å². The zero-order valence-corrected chi connectivity index (χ0v) is 81.1. The van der Waals surface area contributed by atoms with Crippen LogP contribution in [0, 0.1) is 66.1 Å². The Balaban J connectivity index is -0.000000606. The van der Waals surface area contributed by atoms with E-state index >= 15 is 0 Å². The molecule has 0 bridgehead atoms. The van der Waals surface area contributed by atoms with Gasteiger partial charge in [-0.2, -0.15) is 4.80 Å². The first-order valence-corrected chi connectivity index (χ1v) is 47.4. The van der Waals surface area contributed by atoms with Crippen molar-refractivity contribution in [3.8, 4) is 0 Å². The molecule has 0 spiro atoms. The second kappa shape index (κ2) is 77.5. The van der Waals surface area contributed by atoms with E-state index in [2.05, 4.69) is 219 Å². The average molecular weight is 1660 g/mol. The lowest BCUT2D eigenvalue weighted by atomic mass is 9.98. The molecular weight excluding hydrogens is 1460 g/mol. The number of likely N-dealkylation sites (tertiary alicyclic amines) is 2. The Morgan fingerprint density at radius 1 is 0.569 bits per heavy atom. The maximum Gasteiger partial charge on any atom is 0.409 e. The molecular formula is C94H191N17O4S. The van der Waals surface area contributed by atoms with Crippen LogP contribution in [0.3, 0.4) is 0 Å². The number of carbonyl (C=O) groups excluding carboxylic acids is 2. The molecule has 2 amide bonds. The highest BCUT2D eigenvalue weighted by Gasteiger charge is 2.23. The van der Waals surface area contributed by atoms with Crippen LogP contribution in [0.1, 0.15) is 403 Å². The molecule has 1 aliphatic carbocycles. The first kappa shape index (κ1) is 117. The lowest BCUT2D eigenvalue weighted by Gasteiger charge is -2.26. The van der Waals surface area contributed by atoms with E-state index in [9.17, 15) is 14.7 Å². The normalized spacial score (nSPS) is 13.4. The Hall–Kier alpha value is -4.83. The summed E-state index contributed by atoms with van der Waals surface area (Å²) in [5, 5.41) is 52.1. The standard InChI is InChI=1S/C13H25NO2.C12H25N.2C10H19N3.C9H18N4S.C9H18N4.C9H17NO.C9H20O.C6H14.C6H12.CH4/c1-12(2)8-4-7-11-16-13(15)14-9-5-3-6-10-14;1-12(2)8-4-7-11-13-9-5-3-6-10-13;1-9(2)6-4-5-7-10-12-11-8-13(10)3;1-9(2)6-4-5-7-13-10(3)8-11-12-13;1-8(2)6-4-5-7-14-9-10-11-12-13(9)3;1-8(2)6-4-5-7-9-10-12-13(3)11-9;1-7(2)3-6-9(11)10-8-4-5-8;1-8(2)6-5-7-9(3,4)10;2*1-4-5-6(2)3;/h12H,3-11H2,1-2H3;12H,3-11H2,1-2H3;2*8-9H,4-7H2,1-3H3;8H,4-7H2,1-3H3;8H,4-7H2,1-3H3;7-8H,3-6H2,1-2H3,(H,10,11);8,10H,5-7H2,1-4H3;6H,4-5H2,1-3H3;4-6H,1-3H3;1H4/b;;;;;;;;;5-4+;. The molecule has 0 atom stereocenters. The molecule has 6 heterocycles. The van der Waals surface area contributed by atoms with Crippen LogP contribution in [0.25, 0.3) is 0 Å². The SMILES string of the molecule is C.C/C=C/C(C)C.CC(C)CCC(=O)NC1CC1.CC(C)CCCC(C)(C)O.CC(C)CCCCN1CCCCC1.CC(C)CCCCOC(=O)N1CCCCC1.CC(C)CCCCSc1nnnn1C.CC(C)CCCCc1nncn1C.CC(C)CCCCc1nnn(C)n1.CCCC(C)C.Cc1cnnn1CCCCC(C)C. The number of hydrogen-bond donors (Lipinski definition) is 2. The Morgan fingerprint density at radius 3 is 1.46 bits per heavy atom. The van der Waals surface area contributed by atoms with Gasteiger partial charge in [0.05, 0.1) is 31.1 Å². The number of amides is 2. The number of thioether (sulfide) groups is 1. The van der Waals surface area contributed by atoms with Gasteiger partial charge in [0, 0.05) is 64.8 Å². The highest BCUT2D eigenvalue weighted by atomic mass is 32.2. The summed E-state index contributed by atoms with van der Waals surface area (Å²) in [6.45, 7) is 62.2. The fourth-order valence-corrected chi connectivity index (χ4v) is 12.9. The molecule has 22 heteroatoms. The molecule has 3 aliphatic rings. The van der Waals surface area contributed by atoms with E-state index in [1.54, 1.807) is 29.8 Å². The number of nitrogens with one attached hydrogen (secondary N) is 1. The van der Waals surface area contributed by atoms with Gasteiger partial charge < -0.3 is 29.5 Å². The zero-order chi connectivity index (χ0) is 87.2. The quantitative estimate of drug-likeness (QED) is 0.0239.